The smallest absolute Gasteiger partial charge is 0.353 e. The lowest BCUT2D eigenvalue weighted by atomic mass is 10.0. The fraction of sp³-hybridized carbons (Fsp3) is 0.188. The van der Waals surface area contributed by atoms with Crippen molar-refractivity contribution in [1.82, 2.24) is 4.98 Å². The van der Waals surface area contributed by atoms with Crippen LogP contribution in [0.4, 0.5) is 0 Å². The summed E-state index contributed by atoms with van der Waals surface area (Å²) in [6.07, 6.45) is 1.54. The predicted molar refractivity (Wildman–Crippen MR) is 90.6 cm³/mol. The molecule has 1 heterocycles. The highest BCUT2D eigenvalue weighted by Crippen LogP contribution is 2.47. The molecule has 0 aliphatic rings. The molecule has 0 radical (unpaired) electrons. The van der Waals surface area contributed by atoms with Crippen LogP contribution < -0.4 is 14.2 Å². The zero-order valence-corrected chi connectivity index (χ0v) is 14.5. The molecule has 0 spiro atoms. The number of nitrogens with one attached hydrogen (secondary N) is 1. The summed E-state index contributed by atoms with van der Waals surface area (Å²) in [5.74, 6) is 0.295. The number of carboxylic acid groups (broad SMARTS) is 1. The topological polar surface area (TPSA) is 80.8 Å². The Kier molecular flexibility index (Phi) is 5.00. The van der Waals surface area contributed by atoms with Crippen LogP contribution in [0.2, 0.25) is 0 Å². The average molecular weight is 382 g/mol. The van der Waals surface area contributed by atoms with Crippen molar-refractivity contribution in [1.29, 1.82) is 0 Å². The fourth-order valence-corrected chi connectivity index (χ4v) is 3.05. The van der Waals surface area contributed by atoms with Crippen molar-refractivity contribution in [2.45, 2.75) is 0 Å². The number of ether oxygens (including phenoxy) is 3. The molecule has 0 aliphatic carbocycles. The molecule has 7 heteroatoms. The van der Waals surface area contributed by atoms with Crippen LogP contribution in [0.15, 0.2) is 23.2 Å². The molecule has 2 rings (SSSR count). The molecule has 2 aromatic rings. The van der Waals surface area contributed by atoms with Gasteiger partial charge in [0.25, 0.3) is 0 Å². The van der Waals surface area contributed by atoms with Gasteiger partial charge in [-0.2, -0.15) is 0 Å². The van der Waals surface area contributed by atoms with Crippen molar-refractivity contribution >= 4 is 28.0 Å². The average Bonchev–Trinajstić information content (AvgIpc) is 2.89. The first-order chi connectivity index (χ1) is 11.0. The van der Waals surface area contributed by atoms with Crippen molar-refractivity contribution in [3.63, 3.8) is 0 Å². The summed E-state index contributed by atoms with van der Waals surface area (Å²) >= 11 is 3.34. The maximum atomic E-state index is 11.3. The number of hydrogen-bond donors (Lipinski definition) is 2. The van der Waals surface area contributed by atoms with E-state index in [4.69, 9.17) is 14.2 Å². The van der Waals surface area contributed by atoms with Gasteiger partial charge in [-0.05, 0) is 34.1 Å². The van der Waals surface area contributed by atoms with E-state index in [0.29, 0.717) is 38.5 Å². The van der Waals surface area contributed by atoms with E-state index in [1.54, 1.807) is 18.2 Å². The summed E-state index contributed by atoms with van der Waals surface area (Å²) < 4.78 is 16.5. The van der Waals surface area contributed by atoms with Gasteiger partial charge in [-0.15, -0.1) is 0 Å². The third kappa shape index (κ3) is 2.79. The Labute approximate surface area is 141 Å². The first-order valence-corrected chi connectivity index (χ1v) is 7.35. The van der Waals surface area contributed by atoms with Crippen LogP contribution in [0.1, 0.15) is 16.2 Å². The number of aromatic amines is 1. The molecule has 0 unspecified atom stereocenters. The highest BCUT2D eigenvalue weighted by Gasteiger charge is 2.25. The second-order valence-corrected chi connectivity index (χ2v) is 5.29. The van der Waals surface area contributed by atoms with Gasteiger partial charge >= 0.3 is 5.97 Å². The van der Waals surface area contributed by atoms with Crippen molar-refractivity contribution in [2.75, 3.05) is 21.3 Å². The van der Waals surface area contributed by atoms with Gasteiger partial charge in [-0.25, -0.2) is 4.79 Å². The molecule has 0 atom stereocenters. The van der Waals surface area contributed by atoms with Crippen LogP contribution in [-0.4, -0.2) is 37.4 Å². The zero-order valence-electron chi connectivity index (χ0n) is 12.9. The molecule has 0 fully saturated rings. The fourth-order valence-electron chi connectivity index (χ4n) is 2.36. The van der Waals surface area contributed by atoms with Crippen LogP contribution in [0.5, 0.6) is 17.2 Å². The van der Waals surface area contributed by atoms with Crippen LogP contribution in [0.25, 0.3) is 17.2 Å². The van der Waals surface area contributed by atoms with Gasteiger partial charge in [-0.3, -0.25) is 0 Å². The number of benzene rings is 1. The van der Waals surface area contributed by atoms with Gasteiger partial charge < -0.3 is 24.3 Å². The van der Waals surface area contributed by atoms with Gasteiger partial charge in [0, 0.05) is 16.8 Å². The van der Waals surface area contributed by atoms with Gasteiger partial charge in [0.15, 0.2) is 11.5 Å². The third-order valence-electron chi connectivity index (χ3n) is 3.36. The van der Waals surface area contributed by atoms with Gasteiger partial charge in [-0.1, -0.05) is 6.58 Å². The zero-order chi connectivity index (χ0) is 17.1. The molecule has 1 aromatic carbocycles. The number of aromatic carboxylic acids is 1. The highest BCUT2D eigenvalue weighted by atomic mass is 79.9. The molecule has 1 aromatic heterocycles. The van der Waals surface area contributed by atoms with Crippen LogP contribution in [0.3, 0.4) is 0 Å². The van der Waals surface area contributed by atoms with E-state index in [2.05, 4.69) is 27.5 Å². The molecule has 23 heavy (non-hydrogen) atoms. The first kappa shape index (κ1) is 17.0. The molecule has 122 valence electrons. The number of aromatic nitrogens is 1. The Morgan fingerprint density at radius 1 is 1.22 bits per heavy atom. The Morgan fingerprint density at radius 3 is 2.35 bits per heavy atom. The Morgan fingerprint density at radius 2 is 1.87 bits per heavy atom. The number of methoxy groups -OCH3 is 3. The Bertz CT molecular complexity index is 766. The summed E-state index contributed by atoms with van der Waals surface area (Å²) in [4.78, 5) is 14.2. The summed E-state index contributed by atoms with van der Waals surface area (Å²) in [6, 6.07) is 3.50. The third-order valence-corrected chi connectivity index (χ3v) is 4.15. The standard InChI is InChI=1S/C16H16BrNO5/c1-5-9-11(12(17)13(18-9)16(19)20)8-6-7-10(21-2)15(23-4)14(8)22-3/h5-7,18H,1H2,2-4H3,(H,19,20). The lowest BCUT2D eigenvalue weighted by molar-refractivity contribution is 0.0690. The number of hydrogen-bond acceptors (Lipinski definition) is 4. The quantitative estimate of drug-likeness (QED) is 0.794. The van der Waals surface area contributed by atoms with E-state index in [1.165, 1.54) is 21.3 Å². The number of carboxylic acids is 1. The second kappa shape index (κ2) is 6.78. The number of rotatable bonds is 6. The molecule has 2 N–H and O–H groups in total. The minimum Gasteiger partial charge on any atom is -0.493 e. The lowest BCUT2D eigenvalue weighted by Gasteiger charge is -2.16. The van der Waals surface area contributed by atoms with Gasteiger partial charge in [0.05, 0.1) is 25.8 Å². The molecular weight excluding hydrogens is 366 g/mol. The maximum Gasteiger partial charge on any atom is 0.353 e. The number of halogens is 1. The van der Waals surface area contributed by atoms with Crippen LogP contribution >= 0.6 is 15.9 Å². The monoisotopic (exact) mass is 381 g/mol. The van der Waals surface area contributed by atoms with Crippen molar-refractivity contribution < 1.29 is 24.1 Å². The van der Waals surface area contributed by atoms with Crippen molar-refractivity contribution in [2.24, 2.45) is 0 Å². The highest BCUT2D eigenvalue weighted by molar-refractivity contribution is 9.10. The maximum absolute atomic E-state index is 11.3. The molecule has 0 bridgehead atoms. The van der Waals surface area contributed by atoms with Crippen LogP contribution in [-0.2, 0) is 0 Å². The second-order valence-electron chi connectivity index (χ2n) is 4.49. The van der Waals surface area contributed by atoms with E-state index in [1.807, 2.05) is 0 Å². The summed E-state index contributed by atoms with van der Waals surface area (Å²) in [5, 5.41) is 9.28. The summed E-state index contributed by atoms with van der Waals surface area (Å²) in [7, 11) is 4.54. The van der Waals surface area contributed by atoms with Crippen molar-refractivity contribution in [3.8, 4) is 28.4 Å². The normalized spacial score (nSPS) is 10.3. The van der Waals surface area contributed by atoms with Crippen molar-refractivity contribution in [3.05, 3.63) is 34.6 Å². The van der Waals surface area contributed by atoms with E-state index in [-0.39, 0.29) is 5.69 Å². The minimum absolute atomic E-state index is 0.0340. The summed E-state index contributed by atoms with van der Waals surface area (Å²) in [5.41, 5.74) is 1.86. The number of carbonyl (C=O) groups is 1. The number of H-pyrrole nitrogens is 1. The lowest BCUT2D eigenvalue weighted by Crippen LogP contribution is -1.98. The first-order valence-electron chi connectivity index (χ1n) is 6.56. The van der Waals surface area contributed by atoms with E-state index < -0.39 is 5.97 Å². The molecule has 0 saturated carbocycles. The van der Waals surface area contributed by atoms with E-state index >= 15 is 0 Å². The molecule has 0 saturated heterocycles. The van der Waals surface area contributed by atoms with E-state index in [9.17, 15) is 9.90 Å². The Hall–Kier alpha value is -2.41. The minimum atomic E-state index is -1.08. The molecule has 0 amide bonds. The van der Waals surface area contributed by atoms with Gasteiger partial charge in [0.2, 0.25) is 5.75 Å². The summed E-state index contributed by atoms with van der Waals surface area (Å²) in [6.45, 7) is 3.72. The molecular formula is C16H16BrNO5. The van der Waals surface area contributed by atoms with Gasteiger partial charge in [0.1, 0.15) is 5.69 Å². The SMILES string of the molecule is C=Cc1[nH]c(C(=O)O)c(Br)c1-c1ccc(OC)c(OC)c1OC. The van der Waals surface area contributed by atoms with E-state index in [0.717, 1.165) is 0 Å². The Balaban J connectivity index is 2.82. The molecule has 6 nitrogen and oxygen atoms in total. The van der Waals surface area contributed by atoms with Crippen LogP contribution in [0, 0.1) is 0 Å². The largest absolute Gasteiger partial charge is 0.493 e. The molecule has 0 aliphatic heterocycles. The predicted octanol–water partition coefficient (Wildman–Crippen LogP) is 3.81.